The monoisotopic (exact) mass is 232 g/mol. The lowest BCUT2D eigenvalue weighted by atomic mass is 9.80. The minimum absolute atomic E-state index is 0.820. The van der Waals surface area contributed by atoms with Gasteiger partial charge < -0.3 is 0 Å². The highest BCUT2D eigenvalue weighted by Crippen LogP contribution is 2.36. The predicted octanol–water partition coefficient (Wildman–Crippen LogP) is 4.38. The summed E-state index contributed by atoms with van der Waals surface area (Å²) in [4.78, 5) is 0.820. The maximum absolute atomic E-state index is 3.81. The molecule has 1 heteroatoms. The predicted molar refractivity (Wildman–Crippen MR) is 58.7 cm³/mol. The van der Waals surface area contributed by atoms with E-state index in [0.29, 0.717) is 0 Å². The van der Waals surface area contributed by atoms with Gasteiger partial charge in [0.2, 0.25) is 0 Å². The van der Waals surface area contributed by atoms with E-state index in [1.54, 1.807) is 0 Å². The highest BCUT2D eigenvalue weighted by Gasteiger charge is 2.25. The third kappa shape index (κ3) is 3.08. The van der Waals surface area contributed by atoms with E-state index in [4.69, 9.17) is 0 Å². The lowest BCUT2D eigenvalue weighted by molar-refractivity contribution is 0.278. The zero-order chi connectivity index (χ0) is 8.97. The van der Waals surface area contributed by atoms with Gasteiger partial charge in [0.1, 0.15) is 0 Å². The van der Waals surface area contributed by atoms with E-state index in [1.807, 2.05) is 0 Å². The Morgan fingerprint density at radius 3 is 2.75 bits per heavy atom. The van der Waals surface area contributed by atoms with Gasteiger partial charge in [0, 0.05) is 4.83 Å². The summed E-state index contributed by atoms with van der Waals surface area (Å²) in [5.74, 6) is 1.94. The van der Waals surface area contributed by atoms with Gasteiger partial charge in [-0.3, -0.25) is 0 Å². The van der Waals surface area contributed by atoms with E-state index in [9.17, 15) is 0 Å². The third-order valence-electron chi connectivity index (χ3n) is 3.08. The molecule has 1 fully saturated rings. The molecular weight excluding hydrogens is 212 g/mol. The second-order valence-electron chi connectivity index (χ2n) is 4.34. The zero-order valence-corrected chi connectivity index (χ0v) is 9.94. The van der Waals surface area contributed by atoms with Crippen molar-refractivity contribution in [3.05, 3.63) is 0 Å². The van der Waals surface area contributed by atoms with Gasteiger partial charge in [-0.15, -0.1) is 0 Å². The van der Waals surface area contributed by atoms with Crippen molar-refractivity contribution in [1.82, 2.24) is 0 Å². The summed E-state index contributed by atoms with van der Waals surface area (Å²) in [6, 6.07) is 0. The van der Waals surface area contributed by atoms with Crippen molar-refractivity contribution in [2.75, 3.05) is 0 Å². The maximum Gasteiger partial charge on any atom is 0.0174 e. The zero-order valence-electron chi connectivity index (χ0n) is 8.35. The Morgan fingerprint density at radius 2 is 2.08 bits per heavy atom. The van der Waals surface area contributed by atoms with Gasteiger partial charge in [-0.2, -0.15) is 0 Å². The van der Waals surface area contributed by atoms with Gasteiger partial charge in [0.15, 0.2) is 0 Å². The number of halogens is 1. The molecule has 1 rings (SSSR count). The summed E-state index contributed by atoms with van der Waals surface area (Å²) >= 11 is 3.81. The van der Waals surface area contributed by atoms with Crippen molar-refractivity contribution in [3.63, 3.8) is 0 Å². The molecule has 0 saturated heterocycles. The molecule has 72 valence electrons. The molecule has 0 bridgehead atoms. The number of rotatable bonds is 3. The first-order valence-electron chi connectivity index (χ1n) is 5.38. The third-order valence-corrected chi connectivity index (χ3v) is 4.29. The van der Waals surface area contributed by atoms with Crippen LogP contribution >= 0.6 is 15.9 Å². The second kappa shape index (κ2) is 5.26. The first-order chi connectivity index (χ1) is 5.74. The van der Waals surface area contributed by atoms with Crippen molar-refractivity contribution in [3.8, 4) is 0 Å². The molecule has 0 aromatic rings. The fourth-order valence-electron chi connectivity index (χ4n) is 2.23. The molecule has 12 heavy (non-hydrogen) atoms. The smallest absolute Gasteiger partial charge is 0.0174 e. The van der Waals surface area contributed by atoms with Crippen LogP contribution in [0.5, 0.6) is 0 Å². The van der Waals surface area contributed by atoms with Crippen LogP contribution in [-0.4, -0.2) is 4.83 Å². The Morgan fingerprint density at radius 1 is 1.33 bits per heavy atom. The number of hydrogen-bond acceptors (Lipinski definition) is 0. The van der Waals surface area contributed by atoms with Gasteiger partial charge in [-0.1, -0.05) is 42.6 Å². The van der Waals surface area contributed by atoms with Crippen LogP contribution in [0, 0.1) is 11.8 Å². The second-order valence-corrected chi connectivity index (χ2v) is 5.51. The lowest BCUT2D eigenvalue weighted by Crippen LogP contribution is -2.23. The summed E-state index contributed by atoms with van der Waals surface area (Å²) in [5, 5.41) is 0. The van der Waals surface area contributed by atoms with Gasteiger partial charge in [-0.25, -0.2) is 0 Å². The number of unbranched alkanes of at least 4 members (excludes halogenated alkanes) is 1. The summed E-state index contributed by atoms with van der Waals surface area (Å²) in [6.45, 7) is 4.69. The van der Waals surface area contributed by atoms with E-state index < -0.39 is 0 Å². The Bertz CT molecular complexity index is 122. The SMILES string of the molecule is CCCCC1CC(C)CCC1Br. The molecule has 1 saturated carbocycles. The van der Waals surface area contributed by atoms with E-state index in [0.717, 1.165) is 16.7 Å². The average molecular weight is 233 g/mol. The minimum atomic E-state index is 0.820. The van der Waals surface area contributed by atoms with Crippen LogP contribution in [0.1, 0.15) is 52.4 Å². The van der Waals surface area contributed by atoms with Gasteiger partial charge >= 0.3 is 0 Å². The maximum atomic E-state index is 3.81. The van der Waals surface area contributed by atoms with Crippen LogP contribution in [0.3, 0.4) is 0 Å². The molecular formula is C11H21Br. The molecule has 0 nitrogen and oxygen atoms in total. The largest absolute Gasteiger partial charge is 0.0888 e. The fraction of sp³-hybridized carbons (Fsp3) is 1.00. The first-order valence-corrected chi connectivity index (χ1v) is 6.29. The Kier molecular flexibility index (Phi) is 4.63. The molecule has 1 aliphatic rings. The van der Waals surface area contributed by atoms with E-state index in [1.165, 1.54) is 38.5 Å². The van der Waals surface area contributed by atoms with Crippen LogP contribution in [0.25, 0.3) is 0 Å². The first kappa shape index (κ1) is 10.6. The van der Waals surface area contributed by atoms with Crippen molar-refractivity contribution in [1.29, 1.82) is 0 Å². The molecule has 0 N–H and O–H groups in total. The molecule has 0 amide bonds. The van der Waals surface area contributed by atoms with Crippen LogP contribution in [0.2, 0.25) is 0 Å². The molecule has 3 atom stereocenters. The molecule has 1 aliphatic carbocycles. The Labute approximate surface area is 85.3 Å². The minimum Gasteiger partial charge on any atom is -0.0888 e. The van der Waals surface area contributed by atoms with E-state index in [-0.39, 0.29) is 0 Å². The molecule has 0 aromatic heterocycles. The van der Waals surface area contributed by atoms with Crippen molar-refractivity contribution in [2.24, 2.45) is 11.8 Å². The highest BCUT2D eigenvalue weighted by atomic mass is 79.9. The fourth-order valence-corrected chi connectivity index (χ4v) is 2.97. The molecule has 0 radical (unpaired) electrons. The molecule has 0 aromatic carbocycles. The van der Waals surface area contributed by atoms with Crippen LogP contribution in [0.4, 0.5) is 0 Å². The number of alkyl halides is 1. The van der Waals surface area contributed by atoms with Crippen LogP contribution in [0.15, 0.2) is 0 Å². The quantitative estimate of drug-likeness (QED) is 0.634. The van der Waals surface area contributed by atoms with E-state index >= 15 is 0 Å². The highest BCUT2D eigenvalue weighted by molar-refractivity contribution is 9.09. The number of hydrogen-bond donors (Lipinski definition) is 0. The summed E-state index contributed by atoms with van der Waals surface area (Å²) < 4.78 is 0. The van der Waals surface area contributed by atoms with Crippen molar-refractivity contribution < 1.29 is 0 Å². The molecule has 0 heterocycles. The Hall–Kier alpha value is 0.480. The summed E-state index contributed by atoms with van der Waals surface area (Å²) in [6.07, 6.45) is 8.49. The standard InChI is InChI=1S/C11H21Br/c1-3-4-5-10-8-9(2)6-7-11(10)12/h9-11H,3-8H2,1-2H3. The lowest BCUT2D eigenvalue weighted by Gasteiger charge is -2.31. The molecule has 3 unspecified atom stereocenters. The Balaban J connectivity index is 2.28. The normalized spacial score (nSPS) is 36.8. The summed E-state index contributed by atoms with van der Waals surface area (Å²) in [7, 11) is 0. The van der Waals surface area contributed by atoms with Crippen LogP contribution < -0.4 is 0 Å². The van der Waals surface area contributed by atoms with Gasteiger partial charge in [0.25, 0.3) is 0 Å². The van der Waals surface area contributed by atoms with Crippen molar-refractivity contribution >= 4 is 15.9 Å². The average Bonchev–Trinajstić information content (AvgIpc) is 2.07. The summed E-state index contributed by atoms with van der Waals surface area (Å²) in [5.41, 5.74) is 0. The van der Waals surface area contributed by atoms with E-state index in [2.05, 4.69) is 29.8 Å². The topological polar surface area (TPSA) is 0 Å². The molecule has 0 aliphatic heterocycles. The van der Waals surface area contributed by atoms with Gasteiger partial charge in [-0.05, 0) is 37.5 Å². The van der Waals surface area contributed by atoms with Crippen molar-refractivity contribution in [2.45, 2.75) is 57.2 Å². The molecule has 0 spiro atoms. The van der Waals surface area contributed by atoms with Gasteiger partial charge in [0.05, 0.1) is 0 Å². The van der Waals surface area contributed by atoms with Crippen LogP contribution in [-0.2, 0) is 0 Å².